The fraction of sp³-hybridized carbons (Fsp3) is 0.522. The maximum atomic E-state index is 5.73. The Labute approximate surface area is 202 Å². The second kappa shape index (κ2) is 15.1. The third-order valence-corrected chi connectivity index (χ3v) is 4.97. The van der Waals surface area contributed by atoms with Crippen molar-refractivity contribution >= 4 is 29.9 Å². The monoisotopic (exact) mass is 542 g/mol. The van der Waals surface area contributed by atoms with Gasteiger partial charge in [0.15, 0.2) is 5.96 Å². The molecule has 1 aliphatic heterocycles. The summed E-state index contributed by atoms with van der Waals surface area (Å²) < 4.78 is 16.6. The van der Waals surface area contributed by atoms with Crippen LogP contribution in [0.3, 0.4) is 0 Å². The Morgan fingerprint density at radius 3 is 2.68 bits per heavy atom. The standard InChI is InChI=1S/C23H34N4O3.HI/c1-2-29-22-9-4-3-7-20(22)19-26-23(25-12-10-21-8-5-16-30-21)24-11-6-13-27-14-17-28-18-15-27;/h3-5,7-9,16H,2,6,10-15,17-19H2,1H3,(H2,24,25,26);1H. The van der Waals surface area contributed by atoms with Crippen molar-refractivity contribution in [1.29, 1.82) is 0 Å². The van der Waals surface area contributed by atoms with Crippen LogP contribution in [0.15, 0.2) is 52.1 Å². The molecule has 0 saturated carbocycles. The van der Waals surface area contributed by atoms with Crippen LogP contribution in [0.1, 0.15) is 24.7 Å². The van der Waals surface area contributed by atoms with Crippen molar-refractivity contribution in [3.05, 3.63) is 54.0 Å². The molecule has 2 aromatic rings. The Balaban J connectivity index is 0.00000341. The minimum atomic E-state index is 0. The Morgan fingerprint density at radius 1 is 1.10 bits per heavy atom. The highest BCUT2D eigenvalue weighted by Gasteiger charge is 2.09. The van der Waals surface area contributed by atoms with E-state index in [-0.39, 0.29) is 24.0 Å². The highest BCUT2D eigenvalue weighted by Crippen LogP contribution is 2.18. The van der Waals surface area contributed by atoms with E-state index in [9.17, 15) is 0 Å². The number of guanidine groups is 1. The number of hydrogen-bond donors (Lipinski definition) is 2. The van der Waals surface area contributed by atoms with Crippen molar-refractivity contribution in [3.8, 4) is 5.75 Å². The van der Waals surface area contributed by atoms with Crippen LogP contribution in [0.5, 0.6) is 5.75 Å². The molecule has 1 saturated heterocycles. The average molecular weight is 542 g/mol. The molecule has 3 rings (SSSR count). The zero-order valence-corrected chi connectivity index (χ0v) is 20.7. The lowest BCUT2D eigenvalue weighted by Gasteiger charge is -2.26. The van der Waals surface area contributed by atoms with Crippen molar-refractivity contribution in [2.24, 2.45) is 4.99 Å². The van der Waals surface area contributed by atoms with Gasteiger partial charge in [-0.3, -0.25) is 4.90 Å². The van der Waals surface area contributed by atoms with Crippen molar-refractivity contribution in [3.63, 3.8) is 0 Å². The second-order valence-electron chi connectivity index (χ2n) is 7.20. The maximum absolute atomic E-state index is 5.73. The molecule has 7 nitrogen and oxygen atoms in total. The lowest BCUT2D eigenvalue weighted by Crippen LogP contribution is -2.41. The number of nitrogens with zero attached hydrogens (tertiary/aromatic N) is 2. The highest BCUT2D eigenvalue weighted by molar-refractivity contribution is 14.0. The zero-order valence-electron chi connectivity index (χ0n) is 18.3. The predicted molar refractivity (Wildman–Crippen MR) is 134 cm³/mol. The summed E-state index contributed by atoms with van der Waals surface area (Å²) in [5.74, 6) is 2.68. The summed E-state index contributed by atoms with van der Waals surface area (Å²) in [6, 6.07) is 12.0. The van der Waals surface area contributed by atoms with Crippen LogP contribution in [0.2, 0.25) is 0 Å². The Bertz CT molecular complexity index is 749. The molecule has 0 amide bonds. The third-order valence-electron chi connectivity index (χ3n) is 4.97. The Kier molecular flexibility index (Phi) is 12.4. The van der Waals surface area contributed by atoms with Crippen molar-refractivity contribution in [1.82, 2.24) is 15.5 Å². The molecular formula is C23H35IN4O3. The van der Waals surface area contributed by atoms with Crippen LogP contribution >= 0.6 is 24.0 Å². The smallest absolute Gasteiger partial charge is 0.191 e. The molecule has 2 heterocycles. The van der Waals surface area contributed by atoms with E-state index in [4.69, 9.17) is 18.9 Å². The van der Waals surface area contributed by atoms with Gasteiger partial charge in [0, 0.05) is 38.2 Å². The number of para-hydroxylation sites is 1. The molecule has 0 spiro atoms. The van der Waals surface area contributed by atoms with E-state index < -0.39 is 0 Å². The van der Waals surface area contributed by atoms with Crippen molar-refractivity contribution in [2.75, 3.05) is 52.5 Å². The molecule has 31 heavy (non-hydrogen) atoms. The van der Waals surface area contributed by atoms with Gasteiger partial charge in [0.25, 0.3) is 0 Å². The number of benzene rings is 1. The van der Waals surface area contributed by atoms with E-state index in [2.05, 4.69) is 21.6 Å². The van der Waals surface area contributed by atoms with E-state index in [1.54, 1.807) is 6.26 Å². The van der Waals surface area contributed by atoms with Gasteiger partial charge in [-0.05, 0) is 38.1 Å². The molecule has 172 valence electrons. The summed E-state index contributed by atoms with van der Waals surface area (Å²) in [5.41, 5.74) is 1.08. The normalized spacial score (nSPS) is 14.7. The van der Waals surface area contributed by atoms with Gasteiger partial charge < -0.3 is 24.5 Å². The first-order chi connectivity index (χ1) is 14.8. The molecule has 0 atom stereocenters. The van der Waals surface area contributed by atoms with Crippen LogP contribution < -0.4 is 15.4 Å². The first-order valence-electron chi connectivity index (χ1n) is 10.9. The fourth-order valence-corrected chi connectivity index (χ4v) is 3.36. The number of hydrogen-bond acceptors (Lipinski definition) is 5. The number of ether oxygens (including phenoxy) is 2. The van der Waals surface area contributed by atoms with Gasteiger partial charge in [0.1, 0.15) is 11.5 Å². The number of morpholine rings is 1. The quantitative estimate of drug-likeness (QED) is 0.197. The topological polar surface area (TPSA) is 71.3 Å². The van der Waals surface area contributed by atoms with Crippen molar-refractivity contribution < 1.29 is 13.9 Å². The number of nitrogens with one attached hydrogen (secondary N) is 2. The van der Waals surface area contributed by atoms with E-state index in [1.807, 2.05) is 37.3 Å². The lowest BCUT2D eigenvalue weighted by molar-refractivity contribution is 0.0376. The molecule has 0 bridgehead atoms. The van der Waals surface area contributed by atoms with Crippen LogP contribution in [-0.2, 0) is 17.7 Å². The lowest BCUT2D eigenvalue weighted by atomic mass is 10.2. The molecule has 1 fully saturated rings. The molecule has 8 heteroatoms. The van der Waals surface area contributed by atoms with Crippen LogP contribution in [0, 0.1) is 0 Å². The summed E-state index contributed by atoms with van der Waals surface area (Å²) in [6.45, 7) is 9.65. The summed E-state index contributed by atoms with van der Waals surface area (Å²) >= 11 is 0. The summed E-state index contributed by atoms with van der Waals surface area (Å²) in [7, 11) is 0. The Hall–Kier alpha value is -1.78. The van der Waals surface area contributed by atoms with Crippen LogP contribution in [-0.4, -0.2) is 63.4 Å². The average Bonchev–Trinajstić information content (AvgIpc) is 3.30. The molecular weight excluding hydrogens is 507 g/mol. The number of aliphatic imine (C=N–C) groups is 1. The number of halogens is 1. The van der Waals surface area contributed by atoms with Gasteiger partial charge in [-0.15, -0.1) is 24.0 Å². The zero-order chi connectivity index (χ0) is 20.9. The SMILES string of the molecule is CCOc1ccccc1CN=C(NCCCN1CCOCC1)NCCc1ccco1.I. The molecule has 0 radical (unpaired) electrons. The fourth-order valence-electron chi connectivity index (χ4n) is 3.36. The first-order valence-corrected chi connectivity index (χ1v) is 10.9. The molecule has 0 unspecified atom stereocenters. The van der Waals surface area contributed by atoms with Crippen LogP contribution in [0.25, 0.3) is 0 Å². The third kappa shape index (κ3) is 9.49. The number of rotatable bonds is 11. The minimum Gasteiger partial charge on any atom is -0.494 e. The Morgan fingerprint density at radius 2 is 1.90 bits per heavy atom. The summed E-state index contributed by atoms with van der Waals surface area (Å²) in [4.78, 5) is 7.24. The van der Waals surface area contributed by atoms with Gasteiger partial charge in [-0.2, -0.15) is 0 Å². The molecule has 0 aliphatic carbocycles. The highest BCUT2D eigenvalue weighted by atomic mass is 127. The van der Waals surface area contributed by atoms with Gasteiger partial charge in [0.05, 0.1) is 32.6 Å². The van der Waals surface area contributed by atoms with Gasteiger partial charge in [0.2, 0.25) is 0 Å². The predicted octanol–water partition coefficient (Wildman–Crippen LogP) is 3.30. The molecule has 2 N–H and O–H groups in total. The van der Waals surface area contributed by atoms with Gasteiger partial charge in [-0.1, -0.05) is 18.2 Å². The maximum Gasteiger partial charge on any atom is 0.191 e. The largest absolute Gasteiger partial charge is 0.494 e. The van der Waals surface area contributed by atoms with Crippen molar-refractivity contribution in [2.45, 2.75) is 26.3 Å². The second-order valence-corrected chi connectivity index (χ2v) is 7.20. The molecule has 1 aromatic heterocycles. The van der Waals surface area contributed by atoms with Gasteiger partial charge in [-0.25, -0.2) is 4.99 Å². The van der Waals surface area contributed by atoms with Crippen LogP contribution in [0.4, 0.5) is 0 Å². The van der Waals surface area contributed by atoms with E-state index in [0.29, 0.717) is 13.2 Å². The first kappa shape index (κ1) is 25.5. The van der Waals surface area contributed by atoms with Gasteiger partial charge >= 0.3 is 0 Å². The van der Waals surface area contributed by atoms with E-state index >= 15 is 0 Å². The molecule has 1 aliphatic rings. The summed E-state index contributed by atoms with van der Waals surface area (Å²) in [6.07, 6.45) is 3.59. The van der Waals surface area contributed by atoms with E-state index in [0.717, 1.165) is 81.8 Å². The summed E-state index contributed by atoms with van der Waals surface area (Å²) in [5, 5.41) is 6.89. The molecule has 1 aromatic carbocycles. The van der Waals surface area contributed by atoms with E-state index in [1.165, 1.54) is 0 Å². The number of furan rings is 1. The minimum absolute atomic E-state index is 0.